The van der Waals surface area contributed by atoms with Crippen LogP contribution >= 0.6 is 0 Å². The lowest BCUT2D eigenvalue weighted by molar-refractivity contribution is 0.0782. The molecule has 3 aliphatic heterocycles. The Morgan fingerprint density at radius 2 is 2.09 bits per heavy atom. The van der Waals surface area contributed by atoms with Gasteiger partial charge in [0.1, 0.15) is 11.9 Å². The van der Waals surface area contributed by atoms with E-state index in [1.165, 1.54) is 11.1 Å². The van der Waals surface area contributed by atoms with Crippen LogP contribution in [0.1, 0.15) is 29.9 Å². The van der Waals surface area contributed by atoms with E-state index in [1.54, 1.807) is 7.11 Å². The molecule has 3 heterocycles. The summed E-state index contributed by atoms with van der Waals surface area (Å²) in [6, 6.07) is 4.19. The lowest BCUT2D eigenvalue weighted by Crippen LogP contribution is -2.46. The largest absolute Gasteiger partial charge is 0.499 e. The van der Waals surface area contributed by atoms with Gasteiger partial charge >= 0.3 is 0 Å². The quantitative estimate of drug-likeness (QED) is 0.856. The van der Waals surface area contributed by atoms with Crippen molar-refractivity contribution in [3.05, 3.63) is 35.1 Å². The predicted molar refractivity (Wildman–Crippen MR) is 83.6 cm³/mol. The number of benzene rings is 1. The Morgan fingerprint density at radius 1 is 1.26 bits per heavy atom. The third-order valence-electron chi connectivity index (χ3n) is 5.99. The molecule has 0 radical (unpaired) electrons. The second-order valence-corrected chi connectivity index (χ2v) is 6.91. The van der Waals surface area contributed by atoms with Crippen molar-refractivity contribution in [3.63, 3.8) is 0 Å². The number of aliphatic hydroxyl groups excluding tert-OH is 1. The number of hydrogen-bond donors (Lipinski definition) is 1. The summed E-state index contributed by atoms with van der Waals surface area (Å²) in [5.41, 5.74) is 2.33. The first-order chi connectivity index (χ1) is 11.2. The summed E-state index contributed by atoms with van der Waals surface area (Å²) in [6.45, 7) is 2.37. The van der Waals surface area contributed by atoms with Crippen LogP contribution < -0.4 is 9.47 Å². The molecule has 0 amide bonds. The van der Waals surface area contributed by atoms with Crippen LogP contribution in [-0.2, 0) is 11.2 Å². The molecular weight excluding hydrogens is 294 g/mol. The van der Waals surface area contributed by atoms with Gasteiger partial charge in [-0.1, -0.05) is 0 Å². The molecule has 5 rings (SSSR count). The highest BCUT2D eigenvalue weighted by molar-refractivity contribution is 5.54. The number of hydrogen-bond acceptors (Lipinski definition) is 5. The Kier molecular flexibility index (Phi) is 2.77. The third kappa shape index (κ3) is 1.69. The van der Waals surface area contributed by atoms with Crippen LogP contribution in [0.4, 0.5) is 0 Å². The average Bonchev–Trinajstić information content (AvgIpc) is 3.21. The lowest BCUT2D eigenvalue weighted by Gasteiger charge is -2.38. The minimum absolute atomic E-state index is 0.00644. The molecule has 1 unspecified atom stereocenters. The van der Waals surface area contributed by atoms with Crippen LogP contribution in [-0.4, -0.2) is 48.6 Å². The molecule has 0 aromatic heterocycles. The van der Waals surface area contributed by atoms with Gasteiger partial charge in [0, 0.05) is 12.5 Å². The van der Waals surface area contributed by atoms with Gasteiger partial charge in [-0.2, -0.15) is 0 Å². The van der Waals surface area contributed by atoms with Crippen LogP contribution in [0.2, 0.25) is 0 Å². The van der Waals surface area contributed by atoms with Crippen molar-refractivity contribution in [1.29, 1.82) is 0 Å². The summed E-state index contributed by atoms with van der Waals surface area (Å²) in [4.78, 5) is 2.53. The molecule has 1 spiro atoms. The van der Waals surface area contributed by atoms with E-state index in [-0.39, 0.29) is 18.2 Å². The fourth-order valence-corrected chi connectivity index (χ4v) is 4.99. The summed E-state index contributed by atoms with van der Waals surface area (Å²) in [5.74, 6) is 2.33. The number of nitrogens with zero attached hydrogens (tertiary/aromatic N) is 1. The van der Waals surface area contributed by atoms with Crippen molar-refractivity contribution in [2.24, 2.45) is 0 Å². The number of methoxy groups -OCH3 is 1. The van der Waals surface area contributed by atoms with Gasteiger partial charge < -0.3 is 19.3 Å². The van der Waals surface area contributed by atoms with Crippen molar-refractivity contribution >= 4 is 0 Å². The maximum atomic E-state index is 11.0. The zero-order valence-corrected chi connectivity index (χ0v) is 13.2. The molecule has 0 bridgehead atoms. The normalized spacial score (nSPS) is 34.4. The maximum absolute atomic E-state index is 11.0. The van der Waals surface area contributed by atoms with E-state index in [4.69, 9.17) is 14.2 Å². The van der Waals surface area contributed by atoms with Gasteiger partial charge in [-0.05, 0) is 55.1 Å². The van der Waals surface area contributed by atoms with Gasteiger partial charge in [-0.25, -0.2) is 0 Å². The maximum Gasteiger partial charge on any atom is 0.231 e. The van der Waals surface area contributed by atoms with Crippen LogP contribution in [0.15, 0.2) is 24.0 Å². The zero-order valence-electron chi connectivity index (χ0n) is 13.2. The standard InChI is InChI=1S/C18H21NO4/c1-21-15-9-18-4-2-5-19(18)6-3-11-7-13-14(23-10-22-13)8-12(11)16(18)17(15)20/h7-9,16-17,20H,2-6,10H2,1H3/t16-,17?,18+/m1/s1. The second-order valence-electron chi connectivity index (χ2n) is 6.91. The molecule has 1 aliphatic carbocycles. The summed E-state index contributed by atoms with van der Waals surface area (Å²) >= 11 is 0. The van der Waals surface area contributed by atoms with E-state index in [2.05, 4.69) is 23.1 Å². The minimum Gasteiger partial charge on any atom is -0.499 e. The molecule has 1 fully saturated rings. The smallest absolute Gasteiger partial charge is 0.231 e. The first-order valence-electron chi connectivity index (χ1n) is 8.35. The highest BCUT2D eigenvalue weighted by Crippen LogP contribution is 2.54. The topological polar surface area (TPSA) is 51.2 Å². The van der Waals surface area contributed by atoms with Gasteiger partial charge in [-0.3, -0.25) is 4.90 Å². The predicted octanol–water partition coefficient (Wildman–Crippen LogP) is 1.79. The van der Waals surface area contributed by atoms with Crippen molar-refractivity contribution in [2.45, 2.75) is 36.8 Å². The molecule has 0 saturated carbocycles. The first kappa shape index (κ1) is 13.7. The molecule has 1 saturated heterocycles. The number of aliphatic hydroxyl groups is 1. The van der Waals surface area contributed by atoms with Crippen molar-refractivity contribution in [2.75, 3.05) is 27.0 Å². The molecule has 4 aliphatic rings. The Labute approximate surface area is 135 Å². The van der Waals surface area contributed by atoms with Crippen molar-refractivity contribution in [1.82, 2.24) is 4.90 Å². The van der Waals surface area contributed by atoms with Crippen LogP contribution in [0.25, 0.3) is 0 Å². The van der Waals surface area contributed by atoms with Crippen molar-refractivity contribution < 1.29 is 19.3 Å². The van der Waals surface area contributed by atoms with Crippen LogP contribution in [0.5, 0.6) is 11.5 Å². The van der Waals surface area contributed by atoms with E-state index >= 15 is 0 Å². The SMILES string of the molecule is COC1=C[C@]23CCCN2CCc2cc4c(cc2[C@@H]3C1O)OCO4. The van der Waals surface area contributed by atoms with Gasteiger partial charge in [0.25, 0.3) is 0 Å². The summed E-state index contributed by atoms with van der Waals surface area (Å²) in [5, 5.41) is 11.0. The number of ether oxygens (including phenoxy) is 3. The fraction of sp³-hybridized carbons (Fsp3) is 0.556. The molecule has 23 heavy (non-hydrogen) atoms. The molecule has 5 heteroatoms. The van der Waals surface area contributed by atoms with Gasteiger partial charge in [0.05, 0.1) is 12.6 Å². The zero-order chi connectivity index (χ0) is 15.6. The Bertz CT molecular complexity index is 701. The summed E-state index contributed by atoms with van der Waals surface area (Å²) < 4.78 is 16.6. The van der Waals surface area contributed by atoms with E-state index < -0.39 is 6.10 Å². The first-order valence-corrected chi connectivity index (χ1v) is 8.35. The van der Waals surface area contributed by atoms with Crippen LogP contribution in [0, 0.1) is 0 Å². The van der Waals surface area contributed by atoms with Gasteiger partial charge in [0.2, 0.25) is 6.79 Å². The second kappa shape index (κ2) is 4.65. The Hall–Kier alpha value is -1.72. The van der Waals surface area contributed by atoms with E-state index in [0.717, 1.165) is 43.9 Å². The van der Waals surface area contributed by atoms with Crippen molar-refractivity contribution in [3.8, 4) is 11.5 Å². The average molecular weight is 315 g/mol. The Morgan fingerprint density at radius 3 is 2.91 bits per heavy atom. The molecule has 1 aromatic carbocycles. The van der Waals surface area contributed by atoms with E-state index in [1.807, 2.05) is 0 Å². The lowest BCUT2D eigenvalue weighted by atomic mass is 9.78. The molecule has 1 N–H and O–H groups in total. The number of fused-ring (bicyclic) bond motifs is 3. The molecular formula is C18H21NO4. The van der Waals surface area contributed by atoms with E-state index in [0.29, 0.717) is 5.76 Å². The molecule has 5 nitrogen and oxygen atoms in total. The highest BCUT2D eigenvalue weighted by Gasteiger charge is 2.56. The monoisotopic (exact) mass is 315 g/mol. The Balaban J connectivity index is 1.70. The molecule has 3 atom stereocenters. The molecule has 1 aromatic rings. The fourth-order valence-electron chi connectivity index (χ4n) is 4.99. The summed E-state index contributed by atoms with van der Waals surface area (Å²) in [6.07, 6.45) is 4.78. The van der Waals surface area contributed by atoms with Gasteiger partial charge in [0.15, 0.2) is 11.5 Å². The molecule has 122 valence electrons. The van der Waals surface area contributed by atoms with Crippen LogP contribution in [0.3, 0.4) is 0 Å². The summed E-state index contributed by atoms with van der Waals surface area (Å²) in [7, 11) is 1.65. The van der Waals surface area contributed by atoms with E-state index in [9.17, 15) is 5.11 Å². The minimum atomic E-state index is -0.599. The van der Waals surface area contributed by atoms with Gasteiger partial charge in [-0.15, -0.1) is 0 Å². The highest BCUT2D eigenvalue weighted by atomic mass is 16.7. The third-order valence-corrected chi connectivity index (χ3v) is 5.99. The number of rotatable bonds is 1.